The van der Waals surface area contributed by atoms with Crippen LogP contribution in [0.15, 0.2) is 41.3 Å². The Bertz CT molecular complexity index is 994. The first-order chi connectivity index (χ1) is 13.1. The molecule has 0 heterocycles. The van der Waals surface area contributed by atoms with Gasteiger partial charge in [0.05, 0.1) is 10.5 Å². The van der Waals surface area contributed by atoms with Gasteiger partial charge in [-0.2, -0.15) is 0 Å². The average Bonchev–Trinajstić information content (AvgIpc) is 2.64. The Morgan fingerprint density at radius 2 is 1.57 bits per heavy atom. The summed E-state index contributed by atoms with van der Waals surface area (Å²) in [6.07, 6.45) is -0.960. The minimum absolute atomic E-state index is 0.0563. The van der Waals surface area contributed by atoms with Gasteiger partial charge in [0.15, 0.2) is 6.10 Å². The third kappa shape index (κ3) is 4.85. The summed E-state index contributed by atoms with van der Waals surface area (Å²) in [5.74, 6) is -0.963. The summed E-state index contributed by atoms with van der Waals surface area (Å²) in [5.41, 5.74) is 3.60. The predicted molar refractivity (Wildman–Crippen MR) is 107 cm³/mol. The molecule has 0 amide bonds. The van der Waals surface area contributed by atoms with Crippen molar-refractivity contribution < 1.29 is 22.7 Å². The summed E-state index contributed by atoms with van der Waals surface area (Å²) < 4.78 is 31.6. The molecule has 1 atom stereocenters. The van der Waals surface area contributed by atoms with Gasteiger partial charge < -0.3 is 4.74 Å². The minimum Gasteiger partial charge on any atom is -0.451 e. The van der Waals surface area contributed by atoms with E-state index in [0.29, 0.717) is 5.56 Å². The molecule has 0 bridgehead atoms. The number of sulfonamides is 1. The summed E-state index contributed by atoms with van der Waals surface area (Å²) >= 11 is 0. The summed E-state index contributed by atoms with van der Waals surface area (Å²) in [6, 6.07) is 9.12. The third-order valence-corrected chi connectivity index (χ3v) is 6.06. The van der Waals surface area contributed by atoms with Gasteiger partial charge in [-0.25, -0.2) is 17.9 Å². The summed E-state index contributed by atoms with van der Waals surface area (Å²) in [4.78, 5) is 25.1. The molecule has 150 valence electrons. The molecule has 2 aromatic carbocycles. The highest BCUT2D eigenvalue weighted by atomic mass is 32.2. The van der Waals surface area contributed by atoms with Gasteiger partial charge in [0.25, 0.3) is 0 Å². The van der Waals surface area contributed by atoms with Gasteiger partial charge in [0.2, 0.25) is 15.8 Å². The SMILES string of the molecule is CCNS(=O)(=O)c1ccc(C(=O)O[C@@H](C)C(=O)c2cc(C)c(C)cc2C)cc1. The second kappa shape index (κ2) is 8.67. The Hall–Kier alpha value is -2.51. The minimum atomic E-state index is -3.59. The fourth-order valence-corrected chi connectivity index (χ4v) is 3.81. The second-order valence-corrected chi connectivity index (χ2v) is 8.46. The molecule has 7 heteroatoms. The number of ketones is 1. The van der Waals surface area contributed by atoms with Crippen LogP contribution in [0, 0.1) is 20.8 Å². The Morgan fingerprint density at radius 3 is 2.14 bits per heavy atom. The van der Waals surface area contributed by atoms with Crippen LogP contribution in [-0.2, 0) is 14.8 Å². The fourth-order valence-electron chi connectivity index (χ4n) is 2.77. The average molecular weight is 404 g/mol. The zero-order valence-electron chi connectivity index (χ0n) is 16.7. The first-order valence-corrected chi connectivity index (χ1v) is 10.5. The molecule has 2 aromatic rings. The van der Waals surface area contributed by atoms with Crippen LogP contribution < -0.4 is 4.72 Å². The highest BCUT2D eigenvalue weighted by Crippen LogP contribution is 2.19. The van der Waals surface area contributed by atoms with E-state index in [1.807, 2.05) is 26.8 Å². The van der Waals surface area contributed by atoms with Crippen molar-refractivity contribution in [1.29, 1.82) is 0 Å². The molecule has 0 aliphatic heterocycles. The van der Waals surface area contributed by atoms with Crippen LogP contribution in [0.2, 0.25) is 0 Å². The van der Waals surface area contributed by atoms with Crippen LogP contribution in [0.5, 0.6) is 0 Å². The van der Waals surface area contributed by atoms with E-state index in [2.05, 4.69) is 4.72 Å². The van der Waals surface area contributed by atoms with Gasteiger partial charge in [-0.1, -0.05) is 13.0 Å². The second-order valence-electron chi connectivity index (χ2n) is 6.69. The van der Waals surface area contributed by atoms with Gasteiger partial charge in [-0.05, 0) is 74.7 Å². The number of aryl methyl sites for hydroxylation is 3. The lowest BCUT2D eigenvalue weighted by Crippen LogP contribution is -2.25. The lowest BCUT2D eigenvalue weighted by Gasteiger charge is -2.15. The number of esters is 1. The molecule has 2 rings (SSSR count). The zero-order valence-corrected chi connectivity index (χ0v) is 17.5. The smallest absolute Gasteiger partial charge is 0.338 e. The van der Waals surface area contributed by atoms with Crippen LogP contribution in [0.25, 0.3) is 0 Å². The number of nitrogens with one attached hydrogen (secondary N) is 1. The zero-order chi connectivity index (χ0) is 21.1. The Balaban J connectivity index is 2.14. The molecule has 0 saturated carbocycles. The molecule has 0 spiro atoms. The lowest BCUT2D eigenvalue weighted by molar-refractivity contribution is 0.0318. The van der Waals surface area contributed by atoms with Crippen molar-refractivity contribution in [3.8, 4) is 0 Å². The number of carbonyl (C=O) groups excluding carboxylic acids is 2. The number of ether oxygens (including phenoxy) is 1. The normalized spacial score (nSPS) is 12.5. The molecule has 0 unspecified atom stereocenters. The highest BCUT2D eigenvalue weighted by Gasteiger charge is 2.23. The molecule has 0 aliphatic rings. The van der Waals surface area contributed by atoms with Gasteiger partial charge in [-0.3, -0.25) is 4.79 Å². The Kier molecular flexibility index (Phi) is 6.74. The van der Waals surface area contributed by atoms with Crippen molar-refractivity contribution in [3.05, 3.63) is 64.2 Å². The van der Waals surface area contributed by atoms with Gasteiger partial charge in [0.1, 0.15) is 0 Å². The monoisotopic (exact) mass is 403 g/mol. The standard InChI is InChI=1S/C21H25NO5S/c1-6-22-28(25,26)18-9-7-17(8-10-18)21(24)27-16(5)20(23)19-12-14(3)13(2)11-15(19)4/h7-12,16,22H,6H2,1-5H3/t16-/m0/s1. The Labute approximate surface area is 166 Å². The van der Waals surface area contributed by atoms with Gasteiger partial charge in [-0.15, -0.1) is 0 Å². The summed E-state index contributed by atoms with van der Waals surface area (Å²) in [7, 11) is -3.59. The fraction of sp³-hybridized carbons (Fsp3) is 0.333. The van der Waals surface area contributed by atoms with Crippen molar-refractivity contribution in [2.45, 2.75) is 45.6 Å². The van der Waals surface area contributed by atoms with Crippen molar-refractivity contribution in [3.63, 3.8) is 0 Å². The lowest BCUT2D eigenvalue weighted by atomic mass is 9.96. The van der Waals surface area contributed by atoms with Crippen LogP contribution in [0.3, 0.4) is 0 Å². The van der Waals surface area contributed by atoms with Crippen LogP contribution in [-0.4, -0.2) is 32.8 Å². The van der Waals surface area contributed by atoms with E-state index in [4.69, 9.17) is 4.74 Å². The maximum Gasteiger partial charge on any atom is 0.338 e. The van der Waals surface area contributed by atoms with Crippen molar-refractivity contribution in [2.75, 3.05) is 6.54 Å². The van der Waals surface area contributed by atoms with Crippen LogP contribution in [0.1, 0.15) is 51.3 Å². The van der Waals surface area contributed by atoms with Gasteiger partial charge in [0, 0.05) is 12.1 Å². The predicted octanol–water partition coefficient (Wildman–Crippen LogP) is 3.34. The number of rotatable bonds is 7. The molecular weight excluding hydrogens is 378 g/mol. The van der Waals surface area contributed by atoms with Crippen molar-refractivity contribution in [2.24, 2.45) is 0 Å². The molecule has 0 radical (unpaired) electrons. The number of carbonyl (C=O) groups is 2. The molecule has 0 saturated heterocycles. The number of hydrogen-bond donors (Lipinski definition) is 1. The number of Topliss-reactive ketones (excluding diaryl/α,β-unsaturated/α-hetero) is 1. The molecule has 0 aromatic heterocycles. The third-order valence-electron chi connectivity index (χ3n) is 4.49. The van der Waals surface area contributed by atoms with E-state index in [-0.39, 0.29) is 22.8 Å². The summed E-state index contributed by atoms with van der Waals surface area (Å²) in [5, 5.41) is 0. The molecule has 0 fully saturated rings. The van der Waals surface area contributed by atoms with E-state index < -0.39 is 22.1 Å². The molecular formula is C21H25NO5S. The highest BCUT2D eigenvalue weighted by molar-refractivity contribution is 7.89. The van der Waals surface area contributed by atoms with E-state index in [1.165, 1.54) is 31.2 Å². The molecule has 1 N–H and O–H groups in total. The van der Waals surface area contributed by atoms with E-state index in [9.17, 15) is 18.0 Å². The van der Waals surface area contributed by atoms with Gasteiger partial charge >= 0.3 is 5.97 Å². The topological polar surface area (TPSA) is 89.5 Å². The molecule has 28 heavy (non-hydrogen) atoms. The Morgan fingerprint density at radius 1 is 1.00 bits per heavy atom. The quantitative estimate of drug-likeness (QED) is 0.566. The van der Waals surface area contributed by atoms with Crippen molar-refractivity contribution in [1.82, 2.24) is 4.72 Å². The van der Waals surface area contributed by atoms with Crippen LogP contribution >= 0.6 is 0 Å². The van der Waals surface area contributed by atoms with E-state index >= 15 is 0 Å². The number of hydrogen-bond acceptors (Lipinski definition) is 5. The van der Waals surface area contributed by atoms with Crippen molar-refractivity contribution >= 4 is 21.8 Å². The maximum absolute atomic E-state index is 12.7. The first kappa shape index (κ1) is 21.8. The number of benzene rings is 2. The largest absolute Gasteiger partial charge is 0.451 e. The van der Waals surface area contributed by atoms with Crippen LogP contribution in [0.4, 0.5) is 0 Å². The maximum atomic E-state index is 12.7. The summed E-state index contributed by atoms with van der Waals surface area (Å²) in [6.45, 7) is 9.21. The van der Waals surface area contributed by atoms with E-state index in [1.54, 1.807) is 13.0 Å². The van der Waals surface area contributed by atoms with E-state index in [0.717, 1.165) is 16.7 Å². The molecule has 0 aliphatic carbocycles. The first-order valence-electron chi connectivity index (χ1n) is 8.99. The molecule has 6 nitrogen and oxygen atoms in total.